The average molecular weight is 595 g/mol. The molecule has 0 aromatic heterocycles. The molecular weight excluding hydrogens is 544 g/mol. The molecule has 1 aliphatic heterocycles. The zero-order chi connectivity index (χ0) is 31.9. The lowest BCUT2D eigenvalue weighted by Crippen LogP contribution is -2.43. The summed E-state index contributed by atoms with van der Waals surface area (Å²) in [6.07, 6.45) is 12.2. The van der Waals surface area contributed by atoms with Gasteiger partial charge in [0.25, 0.3) is 0 Å². The third-order valence-corrected chi connectivity index (χ3v) is 7.29. The second-order valence-corrected chi connectivity index (χ2v) is 10.9. The molecule has 0 spiro atoms. The van der Waals surface area contributed by atoms with Crippen LogP contribution in [0.2, 0.25) is 0 Å². The predicted molar refractivity (Wildman–Crippen MR) is 174 cm³/mol. The summed E-state index contributed by atoms with van der Waals surface area (Å²) in [4.78, 5) is 28.7. The molecular formula is C33H50N6O4. The van der Waals surface area contributed by atoms with Gasteiger partial charge in [-0.25, -0.2) is 4.79 Å². The van der Waals surface area contributed by atoms with Crippen LogP contribution in [0.25, 0.3) is 5.57 Å². The molecule has 5 N–H and O–H groups in total. The highest BCUT2D eigenvalue weighted by atomic mass is 16.6. The van der Waals surface area contributed by atoms with E-state index in [1.807, 2.05) is 52.1 Å². The summed E-state index contributed by atoms with van der Waals surface area (Å²) in [5, 5.41) is 14.4. The van der Waals surface area contributed by atoms with Gasteiger partial charge in [0, 0.05) is 45.4 Å². The van der Waals surface area contributed by atoms with E-state index in [0.29, 0.717) is 25.3 Å². The fourth-order valence-electron chi connectivity index (χ4n) is 5.15. The molecule has 0 saturated carbocycles. The Hall–Kier alpha value is -3.89. The van der Waals surface area contributed by atoms with Crippen molar-refractivity contribution in [2.24, 2.45) is 5.73 Å². The van der Waals surface area contributed by atoms with Gasteiger partial charge in [0.05, 0.1) is 24.5 Å². The Morgan fingerprint density at radius 2 is 2.00 bits per heavy atom. The Morgan fingerprint density at radius 3 is 2.58 bits per heavy atom. The third kappa shape index (κ3) is 10.4. The van der Waals surface area contributed by atoms with Gasteiger partial charge in [-0.2, -0.15) is 0 Å². The molecule has 1 aromatic rings. The van der Waals surface area contributed by atoms with E-state index in [0.717, 1.165) is 35.1 Å². The Bertz CT molecular complexity index is 1190. The van der Waals surface area contributed by atoms with Crippen LogP contribution in [0.4, 0.5) is 4.79 Å². The minimum atomic E-state index is -0.596. The predicted octanol–water partition coefficient (Wildman–Crippen LogP) is 4.29. The van der Waals surface area contributed by atoms with Crippen LogP contribution in [0.5, 0.6) is 0 Å². The zero-order valence-electron chi connectivity index (χ0n) is 26.6. The number of dihydropyridines is 1. The highest BCUT2D eigenvalue weighted by molar-refractivity contribution is 5.84. The Balaban J connectivity index is 2.54. The van der Waals surface area contributed by atoms with Crippen LogP contribution < -0.4 is 16.4 Å². The van der Waals surface area contributed by atoms with Gasteiger partial charge < -0.3 is 35.6 Å². The number of ether oxygens (including phenoxy) is 2. The van der Waals surface area contributed by atoms with Crippen molar-refractivity contribution >= 4 is 23.9 Å². The summed E-state index contributed by atoms with van der Waals surface area (Å²) in [7, 11) is 3.21. The normalized spacial score (nSPS) is 15.8. The summed E-state index contributed by atoms with van der Waals surface area (Å²) in [6, 6.07) is 5.78. The number of hydrogen-bond donors (Lipinski definition) is 4. The number of likely N-dealkylation sites (N-methyl/N-ethyl adjacent to an activating group) is 1. The molecule has 2 rings (SSSR count). The number of nitrogens with zero attached hydrogens (tertiary/aromatic N) is 2. The first-order chi connectivity index (χ1) is 20.6. The SMILES string of the molecule is C=C([C@H](NC(=O)COC)/C(=C/C)c1cc(C)ccc1[C@H](CCCN(CCN)C(=O)OC(C)C)C1C=CC=CN1)N(C)C=N. The van der Waals surface area contributed by atoms with Gasteiger partial charge in [0.15, 0.2) is 0 Å². The summed E-state index contributed by atoms with van der Waals surface area (Å²) < 4.78 is 10.5. The smallest absolute Gasteiger partial charge is 0.410 e. The van der Waals surface area contributed by atoms with Crippen molar-refractivity contribution in [3.8, 4) is 0 Å². The lowest BCUT2D eigenvalue weighted by molar-refractivity contribution is -0.124. The van der Waals surface area contributed by atoms with Gasteiger partial charge in [-0.3, -0.25) is 10.2 Å². The minimum Gasteiger partial charge on any atom is -0.447 e. The molecule has 1 aliphatic rings. The maximum Gasteiger partial charge on any atom is 0.410 e. The number of nitrogens with one attached hydrogen (secondary N) is 3. The number of amides is 2. The van der Waals surface area contributed by atoms with Crippen LogP contribution in [0.1, 0.15) is 56.2 Å². The first kappa shape index (κ1) is 35.3. The summed E-state index contributed by atoms with van der Waals surface area (Å²) in [6.45, 7) is 13.1. The van der Waals surface area contributed by atoms with E-state index in [4.69, 9.17) is 20.6 Å². The maximum absolute atomic E-state index is 12.8. The van der Waals surface area contributed by atoms with Crippen molar-refractivity contribution in [2.45, 2.75) is 64.6 Å². The molecule has 0 fully saturated rings. The summed E-state index contributed by atoms with van der Waals surface area (Å²) in [5.74, 6) is -0.260. The lowest BCUT2D eigenvalue weighted by atomic mass is 9.80. The van der Waals surface area contributed by atoms with E-state index in [-0.39, 0.29) is 36.7 Å². The van der Waals surface area contributed by atoms with Crippen LogP contribution in [-0.4, -0.2) is 86.7 Å². The van der Waals surface area contributed by atoms with E-state index in [1.54, 1.807) is 16.8 Å². The van der Waals surface area contributed by atoms with Gasteiger partial charge in [0.2, 0.25) is 5.91 Å². The zero-order valence-corrected chi connectivity index (χ0v) is 26.6. The number of methoxy groups -OCH3 is 1. The topological polar surface area (TPSA) is 133 Å². The number of rotatable bonds is 17. The third-order valence-electron chi connectivity index (χ3n) is 7.29. The molecule has 1 heterocycles. The largest absolute Gasteiger partial charge is 0.447 e. The Labute approximate surface area is 257 Å². The second-order valence-electron chi connectivity index (χ2n) is 10.9. The fourth-order valence-corrected chi connectivity index (χ4v) is 5.15. The van der Waals surface area contributed by atoms with Crippen molar-refractivity contribution in [1.29, 1.82) is 5.41 Å². The molecule has 0 saturated heterocycles. The number of aryl methyl sites for hydroxylation is 1. The summed E-state index contributed by atoms with van der Waals surface area (Å²) in [5.41, 5.74) is 10.4. The molecule has 43 heavy (non-hydrogen) atoms. The highest BCUT2D eigenvalue weighted by Gasteiger charge is 2.29. The van der Waals surface area contributed by atoms with Crippen LogP contribution >= 0.6 is 0 Å². The molecule has 3 atom stereocenters. The number of carbonyl (C=O) groups is 2. The second kappa shape index (κ2) is 17.9. The van der Waals surface area contributed by atoms with Crippen LogP contribution in [0.3, 0.4) is 0 Å². The van der Waals surface area contributed by atoms with E-state index < -0.39 is 6.04 Å². The number of allylic oxidation sites excluding steroid dienone is 3. The first-order valence-corrected chi connectivity index (χ1v) is 14.8. The van der Waals surface area contributed by atoms with Gasteiger partial charge in [-0.05, 0) is 69.5 Å². The number of carbonyl (C=O) groups excluding carboxylic acids is 2. The van der Waals surface area contributed by atoms with Crippen molar-refractivity contribution in [3.63, 3.8) is 0 Å². The van der Waals surface area contributed by atoms with E-state index >= 15 is 0 Å². The monoisotopic (exact) mass is 594 g/mol. The number of nitrogens with two attached hydrogens (primary N) is 1. The minimum absolute atomic E-state index is 0.00381. The number of hydrogen-bond acceptors (Lipinski definition) is 7. The van der Waals surface area contributed by atoms with Crippen LogP contribution in [0.15, 0.2) is 61.0 Å². The van der Waals surface area contributed by atoms with Gasteiger partial charge in [0.1, 0.15) is 6.61 Å². The van der Waals surface area contributed by atoms with Crippen molar-refractivity contribution in [3.05, 3.63) is 77.7 Å². The van der Waals surface area contributed by atoms with E-state index in [1.165, 1.54) is 13.4 Å². The quantitative estimate of drug-likeness (QED) is 0.156. The molecule has 0 bridgehead atoms. The fraction of sp³-hybridized carbons (Fsp3) is 0.485. The maximum atomic E-state index is 12.8. The first-order valence-electron chi connectivity index (χ1n) is 14.8. The van der Waals surface area contributed by atoms with E-state index in [2.05, 4.69) is 41.5 Å². The molecule has 236 valence electrons. The Kier molecular flexibility index (Phi) is 14.7. The van der Waals surface area contributed by atoms with Gasteiger partial charge >= 0.3 is 6.09 Å². The average Bonchev–Trinajstić information content (AvgIpc) is 2.98. The van der Waals surface area contributed by atoms with E-state index in [9.17, 15) is 9.59 Å². The molecule has 1 aromatic carbocycles. The van der Waals surface area contributed by atoms with Crippen LogP contribution in [0, 0.1) is 12.3 Å². The Morgan fingerprint density at radius 1 is 1.26 bits per heavy atom. The molecule has 10 nitrogen and oxygen atoms in total. The molecule has 0 radical (unpaired) electrons. The standard InChI is InChI=1S/C33H50N6O4/c1-8-26(32(25(5)38(6)22-35)37-31(40)21-42-7)29-20-24(4)14-15-27(29)28(30-13-9-10-17-36-30)12-11-18-39(19-16-34)33(41)43-23(2)3/h8-10,13-15,17,20,22-23,28,30,32,35-36H,5,11-12,16,18-19,21,34H2,1-4,6-7H3,(H,37,40)/b26-8+,35-22?/t28-,30?,32-/m0/s1. The van der Waals surface area contributed by atoms with Crippen molar-refractivity contribution in [1.82, 2.24) is 20.4 Å². The number of benzene rings is 1. The molecule has 0 aliphatic carbocycles. The highest BCUT2D eigenvalue weighted by Crippen LogP contribution is 2.36. The molecule has 1 unspecified atom stereocenters. The molecule has 10 heteroatoms. The van der Waals surface area contributed by atoms with Crippen molar-refractivity contribution in [2.75, 3.05) is 40.4 Å². The van der Waals surface area contributed by atoms with Crippen LogP contribution in [-0.2, 0) is 14.3 Å². The lowest BCUT2D eigenvalue weighted by Gasteiger charge is -2.33. The summed E-state index contributed by atoms with van der Waals surface area (Å²) >= 11 is 0. The van der Waals surface area contributed by atoms with Gasteiger partial charge in [-0.1, -0.05) is 48.6 Å². The van der Waals surface area contributed by atoms with Gasteiger partial charge in [-0.15, -0.1) is 0 Å². The van der Waals surface area contributed by atoms with Crippen molar-refractivity contribution < 1.29 is 19.1 Å². The molecule has 2 amide bonds.